The van der Waals surface area contributed by atoms with E-state index in [1.807, 2.05) is 0 Å². The van der Waals surface area contributed by atoms with Crippen molar-refractivity contribution in [1.82, 2.24) is 9.44 Å². The first-order chi connectivity index (χ1) is 4.91. The number of hydrogen-bond donors (Lipinski definition) is 2. The van der Waals surface area contributed by atoms with Crippen molar-refractivity contribution in [2.45, 2.75) is 26.7 Å². The monoisotopic (exact) mass is 180 g/mol. The lowest BCUT2D eigenvalue weighted by atomic mass is 10.5. The molecule has 0 fully saturated rings. The van der Waals surface area contributed by atoms with Gasteiger partial charge in [0.15, 0.2) is 0 Å². The summed E-state index contributed by atoms with van der Waals surface area (Å²) in [5, 5.41) is 0. The maximum absolute atomic E-state index is 3.21. The molecule has 0 amide bonds. The predicted octanol–water partition coefficient (Wildman–Crippen LogP) is 2.20. The molecule has 4 heteroatoms. The summed E-state index contributed by atoms with van der Waals surface area (Å²) in [6, 6.07) is 0. The second-order valence-electron chi connectivity index (χ2n) is 1.96. The molecule has 0 spiro atoms. The van der Waals surface area contributed by atoms with Crippen molar-refractivity contribution in [3.8, 4) is 0 Å². The lowest BCUT2D eigenvalue weighted by molar-refractivity contribution is 0.876. The van der Waals surface area contributed by atoms with E-state index in [0.717, 1.165) is 13.1 Å². The fourth-order valence-corrected chi connectivity index (χ4v) is 1.89. The van der Waals surface area contributed by atoms with Gasteiger partial charge in [0.2, 0.25) is 0 Å². The fourth-order valence-electron chi connectivity index (χ4n) is 0.346. The quantitative estimate of drug-likeness (QED) is 0.356. The molecule has 0 aromatic carbocycles. The molecule has 10 heavy (non-hydrogen) atoms. The lowest BCUT2D eigenvalue weighted by Gasteiger charge is -2.00. The molecule has 0 aliphatic rings. The molecule has 0 unspecified atom stereocenters. The summed E-state index contributed by atoms with van der Waals surface area (Å²) in [5.41, 5.74) is 0. The van der Waals surface area contributed by atoms with Gasteiger partial charge in [0.25, 0.3) is 0 Å². The van der Waals surface area contributed by atoms with Gasteiger partial charge in [-0.3, -0.25) is 9.44 Å². The molecule has 0 aliphatic carbocycles. The van der Waals surface area contributed by atoms with Crippen LogP contribution in [-0.2, 0) is 0 Å². The van der Waals surface area contributed by atoms with Gasteiger partial charge in [-0.1, -0.05) is 13.8 Å². The Morgan fingerprint density at radius 1 is 0.900 bits per heavy atom. The molecular formula is C6H16N2S2. The first kappa shape index (κ1) is 10.6. The van der Waals surface area contributed by atoms with Crippen molar-refractivity contribution in [3.05, 3.63) is 0 Å². The smallest absolute Gasteiger partial charge is 0.00641 e. The van der Waals surface area contributed by atoms with Crippen molar-refractivity contribution < 1.29 is 0 Å². The third-order valence-electron chi connectivity index (χ3n) is 0.864. The average Bonchev–Trinajstić information content (AvgIpc) is 1.97. The Hall–Kier alpha value is 0.620. The van der Waals surface area contributed by atoms with Crippen LogP contribution in [0.1, 0.15) is 26.7 Å². The minimum absolute atomic E-state index is 1.09. The summed E-state index contributed by atoms with van der Waals surface area (Å²) in [6.45, 7) is 6.51. The van der Waals surface area contributed by atoms with E-state index in [-0.39, 0.29) is 0 Å². The van der Waals surface area contributed by atoms with Gasteiger partial charge >= 0.3 is 0 Å². The van der Waals surface area contributed by atoms with Crippen molar-refractivity contribution >= 4 is 22.0 Å². The van der Waals surface area contributed by atoms with Crippen LogP contribution in [0.4, 0.5) is 0 Å². The Balaban J connectivity index is 2.65. The van der Waals surface area contributed by atoms with E-state index in [0.29, 0.717) is 0 Å². The van der Waals surface area contributed by atoms with Crippen LogP contribution in [0.15, 0.2) is 0 Å². The molecule has 2 N–H and O–H groups in total. The van der Waals surface area contributed by atoms with E-state index in [4.69, 9.17) is 0 Å². The molecule has 0 heterocycles. The lowest BCUT2D eigenvalue weighted by Crippen LogP contribution is -2.07. The van der Waals surface area contributed by atoms with Gasteiger partial charge in [-0.15, -0.1) is 0 Å². The molecule has 0 saturated carbocycles. The molecule has 0 aromatic heterocycles. The van der Waals surface area contributed by atoms with E-state index in [9.17, 15) is 0 Å². The molecule has 0 aliphatic heterocycles. The molecule has 62 valence electrons. The van der Waals surface area contributed by atoms with Crippen LogP contribution in [0.25, 0.3) is 0 Å². The van der Waals surface area contributed by atoms with Crippen LogP contribution >= 0.6 is 22.0 Å². The largest absolute Gasteiger partial charge is 0.254 e. The highest BCUT2D eigenvalue weighted by Crippen LogP contribution is 2.11. The Morgan fingerprint density at radius 3 is 1.60 bits per heavy atom. The topological polar surface area (TPSA) is 24.1 Å². The predicted molar refractivity (Wildman–Crippen MR) is 51.8 cm³/mol. The highest BCUT2D eigenvalue weighted by atomic mass is 33.1. The summed E-state index contributed by atoms with van der Waals surface area (Å²) < 4.78 is 6.42. The first-order valence-electron chi connectivity index (χ1n) is 3.70. The van der Waals surface area contributed by atoms with Crippen molar-refractivity contribution in [3.63, 3.8) is 0 Å². The van der Waals surface area contributed by atoms with Crippen molar-refractivity contribution in [2.24, 2.45) is 0 Å². The molecular weight excluding hydrogens is 164 g/mol. The Bertz CT molecular complexity index is 53.7. The van der Waals surface area contributed by atoms with Crippen molar-refractivity contribution in [1.29, 1.82) is 0 Å². The maximum Gasteiger partial charge on any atom is 0.00641 e. The molecule has 0 atom stereocenters. The van der Waals surface area contributed by atoms with Gasteiger partial charge < -0.3 is 0 Å². The van der Waals surface area contributed by atoms with E-state index in [1.165, 1.54) is 12.8 Å². The molecule has 2 nitrogen and oxygen atoms in total. The molecule has 0 bridgehead atoms. The number of hydrogen-bond acceptors (Lipinski definition) is 4. The molecule has 0 saturated heterocycles. The van der Waals surface area contributed by atoms with Gasteiger partial charge in [-0.05, 0) is 12.8 Å². The van der Waals surface area contributed by atoms with Crippen LogP contribution in [0.5, 0.6) is 0 Å². The zero-order valence-corrected chi connectivity index (χ0v) is 8.28. The van der Waals surface area contributed by atoms with Gasteiger partial charge in [0, 0.05) is 35.0 Å². The third-order valence-corrected chi connectivity index (χ3v) is 2.55. The van der Waals surface area contributed by atoms with Gasteiger partial charge in [0.05, 0.1) is 0 Å². The van der Waals surface area contributed by atoms with Crippen LogP contribution in [0.2, 0.25) is 0 Å². The molecule has 0 aromatic rings. The summed E-state index contributed by atoms with van der Waals surface area (Å²) in [5.74, 6) is 0. The summed E-state index contributed by atoms with van der Waals surface area (Å²) in [6.07, 6.45) is 2.39. The van der Waals surface area contributed by atoms with Crippen LogP contribution in [0, 0.1) is 0 Å². The van der Waals surface area contributed by atoms with Gasteiger partial charge in [-0.2, -0.15) is 0 Å². The highest BCUT2D eigenvalue weighted by Gasteiger charge is 1.85. The minimum atomic E-state index is 1.09. The second kappa shape index (κ2) is 9.62. The highest BCUT2D eigenvalue weighted by molar-refractivity contribution is 8.75. The molecule has 0 rings (SSSR count). The summed E-state index contributed by atoms with van der Waals surface area (Å²) >= 11 is 0. The summed E-state index contributed by atoms with van der Waals surface area (Å²) in [4.78, 5) is 0. The maximum atomic E-state index is 3.21. The zero-order valence-electron chi connectivity index (χ0n) is 6.64. The van der Waals surface area contributed by atoms with E-state index >= 15 is 0 Å². The standard InChI is InChI=1S/C6H16N2S2/c1-3-5-7-9-10-8-6-4-2/h7-8H,3-6H2,1-2H3. The Morgan fingerprint density at radius 2 is 1.30 bits per heavy atom. The normalized spacial score (nSPS) is 10.2. The van der Waals surface area contributed by atoms with Gasteiger partial charge in [-0.25, -0.2) is 0 Å². The van der Waals surface area contributed by atoms with E-state index in [2.05, 4.69) is 23.3 Å². The average molecular weight is 180 g/mol. The fraction of sp³-hybridized carbons (Fsp3) is 1.00. The third kappa shape index (κ3) is 8.62. The zero-order chi connectivity index (χ0) is 7.66. The Labute approximate surface area is 71.6 Å². The van der Waals surface area contributed by atoms with Gasteiger partial charge in [0.1, 0.15) is 0 Å². The second-order valence-corrected chi connectivity index (χ2v) is 3.87. The Kier molecular flexibility index (Phi) is 10.2. The van der Waals surface area contributed by atoms with Crippen LogP contribution < -0.4 is 9.44 Å². The SMILES string of the molecule is CCCNSSNCCC. The van der Waals surface area contributed by atoms with E-state index < -0.39 is 0 Å². The number of nitrogens with one attached hydrogen (secondary N) is 2. The molecule has 0 radical (unpaired) electrons. The summed E-state index contributed by atoms with van der Waals surface area (Å²) in [7, 11) is 3.35. The first-order valence-corrected chi connectivity index (χ1v) is 5.85. The number of rotatable bonds is 7. The van der Waals surface area contributed by atoms with Crippen molar-refractivity contribution in [2.75, 3.05) is 13.1 Å². The minimum Gasteiger partial charge on any atom is -0.254 e. The van der Waals surface area contributed by atoms with E-state index in [1.54, 1.807) is 22.0 Å². The van der Waals surface area contributed by atoms with Crippen LogP contribution in [0.3, 0.4) is 0 Å². The van der Waals surface area contributed by atoms with Crippen LogP contribution in [-0.4, -0.2) is 13.1 Å².